The molecule has 4 heteroatoms. The average molecular weight is 197 g/mol. The number of aromatic nitrogens is 2. The molecule has 1 heterocycles. The van der Waals surface area contributed by atoms with Gasteiger partial charge in [-0.3, -0.25) is 0 Å². The molecule has 80 valence electrons. The number of imidazole rings is 1. The molecule has 0 aliphatic heterocycles. The van der Waals surface area contributed by atoms with Crippen LogP contribution in [-0.4, -0.2) is 36.4 Å². The van der Waals surface area contributed by atoms with Gasteiger partial charge < -0.3 is 14.6 Å². The first-order chi connectivity index (χ1) is 6.75. The average Bonchev–Trinajstić information content (AvgIpc) is 2.49. The Kier molecular flexibility index (Phi) is 4.62. The number of methoxy groups -OCH3 is 1. The van der Waals surface area contributed by atoms with Gasteiger partial charge in [-0.25, -0.2) is 4.98 Å². The number of nitrogens with one attached hydrogen (secondary N) is 1. The monoisotopic (exact) mass is 197 g/mol. The number of aryl methyl sites for hydroxylation is 1. The maximum atomic E-state index is 4.94. The predicted octanol–water partition coefficient (Wildman–Crippen LogP) is 0.736. The molecule has 0 unspecified atom stereocenters. The van der Waals surface area contributed by atoms with E-state index in [0.29, 0.717) is 0 Å². The van der Waals surface area contributed by atoms with Gasteiger partial charge in [0, 0.05) is 32.4 Å². The minimum Gasteiger partial charge on any atom is -0.383 e. The molecule has 0 saturated heterocycles. The summed E-state index contributed by atoms with van der Waals surface area (Å²) in [6.07, 6.45) is 1.89. The van der Waals surface area contributed by atoms with Crippen molar-refractivity contribution in [3.05, 3.63) is 17.7 Å². The summed E-state index contributed by atoms with van der Waals surface area (Å²) in [5.74, 6) is 0. The summed E-state index contributed by atoms with van der Waals surface area (Å²) in [6, 6.07) is 0. The molecule has 0 aromatic carbocycles. The summed E-state index contributed by atoms with van der Waals surface area (Å²) in [4.78, 5) is 4.24. The molecule has 4 nitrogen and oxygen atoms in total. The first-order valence-electron chi connectivity index (χ1n) is 4.93. The zero-order chi connectivity index (χ0) is 10.4. The van der Waals surface area contributed by atoms with Crippen molar-refractivity contribution < 1.29 is 4.74 Å². The first-order valence-corrected chi connectivity index (χ1v) is 4.93. The van der Waals surface area contributed by atoms with E-state index >= 15 is 0 Å². The SMILES string of the molecule is COCCNCCn1cnc(C)c1C. The highest BCUT2D eigenvalue weighted by atomic mass is 16.5. The van der Waals surface area contributed by atoms with Gasteiger partial charge in [0.15, 0.2) is 0 Å². The van der Waals surface area contributed by atoms with Gasteiger partial charge in [-0.2, -0.15) is 0 Å². The van der Waals surface area contributed by atoms with Crippen LogP contribution in [0.2, 0.25) is 0 Å². The Morgan fingerprint density at radius 1 is 1.43 bits per heavy atom. The van der Waals surface area contributed by atoms with Crippen LogP contribution in [0.3, 0.4) is 0 Å². The minimum absolute atomic E-state index is 0.766. The summed E-state index contributed by atoms with van der Waals surface area (Å²) in [5.41, 5.74) is 2.36. The van der Waals surface area contributed by atoms with Crippen LogP contribution in [0.25, 0.3) is 0 Å². The lowest BCUT2D eigenvalue weighted by Gasteiger charge is -2.06. The van der Waals surface area contributed by atoms with Crippen LogP contribution in [-0.2, 0) is 11.3 Å². The molecule has 1 rings (SSSR count). The lowest BCUT2D eigenvalue weighted by Crippen LogP contribution is -2.23. The Morgan fingerprint density at radius 3 is 2.79 bits per heavy atom. The smallest absolute Gasteiger partial charge is 0.0951 e. The zero-order valence-electron chi connectivity index (χ0n) is 9.21. The van der Waals surface area contributed by atoms with Gasteiger partial charge >= 0.3 is 0 Å². The second-order valence-corrected chi connectivity index (χ2v) is 3.35. The van der Waals surface area contributed by atoms with Gasteiger partial charge in [0.05, 0.1) is 18.6 Å². The minimum atomic E-state index is 0.766. The molecule has 1 N–H and O–H groups in total. The Balaban J connectivity index is 2.21. The molecule has 0 bridgehead atoms. The van der Waals surface area contributed by atoms with Gasteiger partial charge in [0.25, 0.3) is 0 Å². The van der Waals surface area contributed by atoms with Crippen molar-refractivity contribution in [2.75, 3.05) is 26.8 Å². The van der Waals surface area contributed by atoms with E-state index in [-0.39, 0.29) is 0 Å². The fourth-order valence-electron chi connectivity index (χ4n) is 1.27. The molecule has 0 aliphatic rings. The molecule has 1 aromatic rings. The summed E-state index contributed by atoms with van der Waals surface area (Å²) < 4.78 is 7.10. The van der Waals surface area contributed by atoms with E-state index in [1.165, 1.54) is 5.69 Å². The summed E-state index contributed by atoms with van der Waals surface area (Å²) in [5, 5.41) is 3.30. The van der Waals surface area contributed by atoms with Crippen LogP contribution >= 0.6 is 0 Å². The van der Waals surface area contributed by atoms with Gasteiger partial charge in [0.1, 0.15) is 0 Å². The number of ether oxygens (including phenoxy) is 1. The van der Waals surface area contributed by atoms with Crippen LogP contribution < -0.4 is 5.32 Å². The molecule has 0 aliphatic carbocycles. The number of nitrogens with zero attached hydrogens (tertiary/aromatic N) is 2. The molecular formula is C10H19N3O. The third-order valence-corrected chi connectivity index (χ3v) is 2.36. The van der Waals surface area contributed by atoms with Gasteiger partial charge in [-0.15, -0.1) is 0 Å². The van der Waals surface area contributed by atoms with Crippen molar-refractivity contribution in [2.45, 2.75) is 20.4 Å². The third-order valence-electron chi connectivity index (χ3n) is 2.36. The molecular weight excluding hydrogens is 178 g/mol. The van der Waals surface area contributed by atoms with E-state index in [0.717, 1.165) is 31.9 Å². The van der Waals surface area contributed by atoms with E-state index in [1.54, 1.807) is 7.11 Å². The highest BCUT2D eigenvalue weighted by molar-refractivity contribution is 5.08. The second kappa shape index (κ2) is 5.78. The van der Waals surface area contributed by atoms with E-state index in [2.05, 4.69) is 21.8 Å². The summed E-state index contributed by atoms with van der Waals surface area (Å²) >= 11 is 0. The molecule has 0 amide bonds. The van der Waals surface area contributed by atoms with Crippen molar-refractivity contribution in [3.63, 3.8) is 0 Å². The van der Waals surface area contributed by atoms with E-state index in [4.69, 9.17) is 4.74 Å². The highest BCUT2D eigenvalue weighted by Crippen LogP contribution is 2.02. The molecule has 0 spiro atoms. The molecule has 0 radical (unpaired) electrons. The Morgan fingerprint density at radius 2 is 2.21 bits per heavy atom. The number of hydrogen-bond donors (Lipinski definition) is 1. The van der Waals surface area contributed by atoms with E-state index in [9.17, 15) is 0 Å². The van der Waals surface area contributed by atoms with Crippen molar-refractivity contribution in [1.29, 1.82) is 0 Å². The summed E-state index contributed by atoms with van der Waals surface area (Å²) in [7, 11) is 1.71. The van der Waals surface area contributed by atoms with Crippen molar-refractivity contribution in [1.82, 2.24) is 14.9 Å². The second-order valence-electron chi connectivity index (χ2n) is 3.35. The van der Waals surface area contributed by atoms with Crippen molar-refractivity contribution in [2.24, 2.45) is 0 Å². The quantitative estimate of drug-likeness (QED) is 0.684. The maximum absolute atomic E-state index is 4.94. The van der Waals surface area contributed by atoms with Gasteiger partial charge in [-0.1, -0.05) is 0 Å². The Hall–Kier alpha value is -0.870. The molecule has 1 aromatic heterocycles. The van der Waals surface area contributed by atoms with Crippen molar-refractivity contribution >= 4 is 0 Å². The Labute approximate surface area is 85.3 Å². The lowest BCUT2D eigenvalue weighted by atomic mass is 10.4. The van der Waals surface area contributed by atoms with Gasteiger partial charge in [0.2, 0.25) is 0 Å². The molecule has 0 fully saturated rings. The fourth-order valence-corrected chi connectivity index (χ4v) is 1.27. The number of rotatable bonds is 6. The maximum Gasteiger partial charge on any atom is 0.0951 e. The largest absolute Gasteiger partial charge is 0.383 e. The van der Waals surface area contributed by atoms with Crippen LogP contribution in [0.4, 0.5) is 0 Å². The first kappa shape index (κ1) is 11.2. The highest BCUT2D eigenvalue weighted by Gasteiger charge is 2.00. The topological polar surface area (TPSA) is 39.1 Å². The van der Waals surface area contributed by atoms with E-state index in [1.807, 2.05) is 13.3 Å². The molecule has 0 atom stereocenters. The third kappa shape index (κ3) is 3.12. The van der Waals surface area contributed by atoms with Crippen LogP contribution in [0.5, 0.6) is 0 Å². The number of hydrogen-bond acceptors (Lipinski definition) is 3. The molecule has 0 saturated carbocycles. The van der Waals surface area contributed by atoms with E-state index < -0.39 is 0 Å². The Bertz CT molecular complexity index is 270. The van der Waals surface area contributed by atoms with Crippen LogP contribution in [0.15, 0.2) is 6.33 Å². The van der Waals surface area contributed by atoms with Gasteiger partial charge in [-0.05, 0) is 13.8 Å². The lowest BCUT2D eigenvalue weighted by molar-refractivity contribution is 0.199. The molecule has 14 heavy (non-hydrogen) atoms. The fraction of sp³-hybridized carbons (Fsp3) is 0.700. The van der Waals surface area contributed by atoms with Crippen LogP contribution in [0.1, 0.15) is 11.4 Å². The summed E-state index contributed by atoms with van der Waals surface area (Å²) in [6.45, 7) is 7.73. The zero-order valence-corrected chi connectivity index (χ0v) is 9.21. The van der Waals surface area contributed by atoms with Crippen molar-refractivity contribution in [3.8, 4) is 0 Å². The normalized spacial score (nSPS) is 10.8. The van der Waals surface area contributed by atoms with Crippen LogP contribution in [0, 0.1) is 13.8 Å². The standard InChI is InChI=1S/C10H19N3O/c1-9-10(2)13(8-12-9)6-4-11-5-7-14-3/h8,11H,4-7H2,1-3H3. The predicted molar refractivity (Wildman–Crippen MR) is 56.4 cm³/mol.